The average Bonchev–Trinajstić information content (AvgIpc) is 1.96. The van der Waals surface area contributed by atoms with E-state index in [0.717, 1.165) is 6.42 Å². The maximum atomic E-state index is 10.6. The molecule has 0 spiro atoms. The van der Waals surface area contributed by atoms with Gasteiger partial charge in [-0.1, -0.05) is 28.7 Å². The van der Waals surface area contributed by atoms with Crippen LogP contribution < -0.4 is 5.73 Å². The van der Waals surface area contributed by atoms with Crippen molar-refractivity contribution in [1.29, 1.82) is 0 Å². The highest BCUT2D eigenvalue weighted by molar-refractivity contribution is 14.1. The Bertz CT molecular complexity index is 205. The Morgan fingerprint density at radius 2 is 2.45 bits per heavy atom. The van der Waals surface area contributed by atoms with Gasteiger partial charge < -0.3 is 10.8 Å². The highest BCUT2D eigenvalue weighted by Gasteiger charge is 2.48. The Balaban J connectivity index is 2.67. The highest BCUT2D eigenvalue weighted by atomic mass is 123. The summed E-state index contributed by atoms with van der Waals surface area (Å²) >= 11 is 2.07. The maximum Gasteiger partial charge on any atom is 0.324 e. The summed E-state index contributed by atoms with van der Waals surface area (Å²) in [6.45, 7) is 0. The first-order chi connectivity index (χ1) is 5.11. The summed E-state index contributed by atoms with van der Waals surface area (Å²) in [6.07, 6.45) is 3.34. The summed E-state index contributed by atoms with van der Waals surface area (Å²) in [5, 5.41) is 8.73. The first-order valence-electron chi connectivity index (χ1n) is 3.40. The fourth-order valence-corrected chi connectivity index (χ4v) is 1.74. The molecular formula is C7H10INO2. The van der Waals surface area contributed by atoms with E-state index in [0.29, 0.717) is 6.42 Å². The number of carboxylic acid groups (broad SMARTS) is 1. The minimum atomic E-state index is -0.984. The third-order valence-corrected chi connectivity index (χ3v) is 2.65. The molecule has 0 aromatic carbocycles. The van der Waals surface area contributed by atoms with Gasteiger partial charge in [0.05, 0.1) is 0 Å². The van der Waals surface area contributed by atoms with Crippen molar-refractivity contribution in [2.45, 2.75) is 18.4 Å². The number of hydrogen-bond donors (Lipinski definition) is 2. The number of nitrogens with two attached hydrogens (primary N) is 1. The normalized spacial score (nSPS) is 37.1. The monoisotopic (exact) mass is 263 g/mol. The number of rotatable bonds is 2. The van der Waals surface area contributed by atoms with Crippen LogP contribution in [0, 0.1) is 5.92 Å². The molecule has 0 aromatic rings. The van der Waals surface area contributed by atoms with Gasteiger partial charge in [0.15, 0.2) is 0 Å². The maximum absolute atomic E-state index is 10.6. The number of halogens is 1. The van der Waals surface area contributed by atoms with E-state index in [1.807, 2.05) is 10.2 Å². The molecule has 3 nitrogen and oxygen atoms in total. The van der Waals surface area contributed by atoms with E-state index >= 15 is 0 Å². The predicted molar refractivity (Wildman–Crippen MR) is 50.4 cm³/mol. The molecule has 0 aromatic heterocycles. The molecule has 3 N–H and O–H groups in total. The van der Waals surface area contributed by atoms with E-state index in [1.165, 1.54) is 0 Å². The van der Waals surface area contributed by atoms with Crippen LogP contribution in [-0.2, 0) is 4.79 Å². The zero-order valence-corrected chi connectivity index (χ0v) is 8.11. The van der Waals surface area contributed by atoms with Gasteiger partial charge in [0, 0.05) is 5.92 Å². The summed E-state index contributed by atoms with van der Waals surface area (Å²) < 4.78 is 1.83. The van der Waals surface area contributed by atoms with Gasteiger partial charge in [0.1, 0.15) is 5.54 Å². The predicted octanol–water partition coefficient (Wildman–Crippen LogP) is 1.13. The van der Waals surface area contributed by atoms with Crippen LogP contribution in [0.1, 0.15) is 12.8 Å². The molecule has 0 bridgehead atoms. The summed E-state index contributed by atoms with van der Waals surface area (Å²) in [4.78, 5) is 10.6. The quantitative estimate of drug-likeness (QED) is 0.734. The van der Waals surface area contributed by atoms with Crippen LogP contribution in [-0.4, -0.2) is 16.6 Å². The number of carbonyl (C=O) groups is 1. The standard InChI is InChI=1S/C7H10INO2/c8-4-2-5-1-3-7(5,9)6(10)11/h2,4-5H,1,3,9H2,(H,10,11)/b4-2-/t5?,7-/m0/s1/i8-4. The molecule has 0 heterocycles. The molecule has 1 rings (SSSR count). The zero-order chi connectivity index (χ0) is 8.48. The second-order valence-electron chi connectivity index (χ2n) is 2.81. The molecule has 0 amide bonds. The van der Waals surface area contributed by atoms with Crippen LogP contribution in [0.5, 0.6) is 0 Å². The Hall–Kier alpha value is -0.100. The molecule has 4 heteroatoms. The second-order valence-corrected chi connectivity index (χ2v) is 3.53. The van der Waals surface area contributed by atoms with Gasteiger partial charge in [-0.2, -0.15) is 0 Å². The van der Waals surface area contributed by atoms with Crippen LogP contribution in [0.3, 0.4) is 0 Å². The minimum absolute atomic E-state index is 0.0249. The van der Waals surface area contributed by atoms with Crippen molar-refractivity contribution >= 4 is 28.6 Å². The summed E-state index contributed by atoms with van der Waals surface area (Å²) in [5.74, 6) is -0.861. The lowest BCUT2D eigenvalue weighted by Crippen LogP contribution is -2.60. The lowest BCUT2D eigenvalue weighted by atomic mass is 9.67. The lowest BCUT2D eigenvalue weighted by molar-refractivity contribution is -0.149. The molecule has 0 radical (unpaired) electrons. The third kappa shape index (κ3) is 1.41. The topological polar surface area (TPSA) is 63.3 Å². The SMILES string of the molecule is N[C@@]1(C(=O)O)CCC1/C=C\[123I]. The zero-order valence-electron chi connectivity index (χ0n) is 5.96. The fourth-order valence-electron chi connectivity index (χ4n) is 1.24. The third-order valence-electron chi connectivity index (χ3n) is 2.23. The highest BCUT2D eigenvalue weighted by Crippen LogP contribution is 2.37. The second kappa shape index (κ2) is 3.10. The molecule has 1 aliphatic rings. The molecule has 2 atom stereocenters. The smallest absolute Gasteiger partial charge is 0.324 e. The van der Waals surface area contributed by atoms with Gasteiger partial charge in [0.25, 0.3) is 0 Å². The van der Waals surface area contributed by atoms with E-state index in [1.54, 1.807) is 0 Å². The van der Waals surface area contributed by atoms with Crippen molar-refractivity contribution in [3.8, 4) is 0 Å². The van der Waals surface area contributed by atoms with Gasteiger partial charge in [-0.05, 0) is 16.9 Å². The number of aliphatic carboxylic acids is 1. The number of carboxylic acids is 1. The summed E-state index contributed by atoms with van der Waals surface area (Å²) in [7, 11) is 0. The molecule has 62 valence electrons. The minimum Gasteiger partial charge on any atom is -0.480 e. The molecular weight excluding hydrogens is 253 g/mol. The van der Waals surface area contributed by atoms with Gasteiger partial charge in [0.2, 0.25) is 0 Å². The molecule has 1 saturated carbocycles. The summed E-state index contributed by atoms with van der Waals surface area (Å²) in [5.41, 5.74) is 4.64. The van der Waals surface area contributed by atoms with Gasteiger partial charge in [-0.15, -0.1) is 0 Å². The lowest BCUT2D eigenvalue weighted by Gasteiger charge is -2.41. The first-order valence-corrected chi connectivity index (χ1v) is 4.65. The van der Waals surface area contributed by atoms with Gasteiger partial charge in [-0.3, -0.25) is 4.79 Å². The Morgan fingerprint density at radius 1 is 1.82 bits per heavy atom. The fraction of sp³-hybridized carbons (Fsp3) is 0.571. The molecule has 1 fully saturated rings. The van der Waals surface area contributed by atoms with Crippen LogP contribution in [0.2, 0.25) is 0 Å². The van der Waals surface area contributed by atoms with E-state index < -0.39 is 11.5 Å². The van der Waals surface area contributed by atoms with Crippen molar-refractivity contribution in [3.05, 3.63) is 10.2 Å². The van der Waals surface area contributed by atoms with Crippen molar-refractivity contribution in [2.24, 2.45) is 11.7 Å². The van der Waals surface area contributed by atoms with Crippen molar-refractivity contribution in [1.82, 2.24) is 0 Å². The van der Waals surface area contributed by atoms with E-state index in [4.69, 9.17) is 10.8 Å². The largest absolute Gasteiger partial charge is 0.480 e. The van der Waals surface area contributed by atoms with Crippen LogP contribution in [0.4, 0.5) is 0 Å². The Labute approximate surface area is 78.8 Å². The van der Waals surface area contributed by atoms with Crippen LogP contribution in [0.25, 0.3) is 0 Å². The van der Waals surface area contributed by atoms with Crippen molar-refractivity contribution in [2.75, 3.05) is 0 Å². The molecule has 1 unspecified atom stereocenters. The average molecular weight is 263 g/mol. The van der Waals surface area contributed by atoms with Crippen LogP contribution in [0.15, 0.2) is 10.2 Å². The van der Waals surface area contributed by atoms with Crippen molar-refractivity contribution in [3.63, 3.8) is 0 Å². The van der Waals surface area contributed by atoms with Gasteiger partial charge >= 0.3 is 5.97 Å². The van der Waals surface area contributed by atoms with Crippen molar-refractivity contribution < 1.29 is 9.90 Å². The van der Waals surface area contributed by atoms with E-state index in [9.17, 15) is 4.79 Å². The summed E-state index contributed by atoms with van der Waals surface area (Å²) in [6, 6.07) is 0. The Morgan fingerprint density at radius 3 is 2.73 bits per heavy atom. The molecule has 0 saturated heterocycles. The molecule has 0 aliphatic heterocycles. The van der Waals surface area contributed by atoms with Crippen LogP contribution >= 0.6 is 22.6 Å². The van der Waals surface area contributed by atoms with E-state index in [2.05, 4.69) is 22.6 Å². The first kappa shape index (κ1) is 8.99. The van der Waals surface area contributed by atoms with Gasteiger partial charge in [-0.25, -0.2) is 0 Å². The molecule has 11 heavy (non-hydrogen) atoms. The Kier molecular flexibility index (Phi) is 2.54. The molecule has 1 aliphatic carbocycles. The van der Waals surface area contributed by atoms with E-state index in [-0.39, 0.29) is 5.92 Å². The number of hydrogen-bond acceptors (Lipinski definition) is 2.